The van der Waals surface area contributed by atoms with E-state index in [1.165, 1.54) is 6.92 Å². The molecule has 0 aromatic heterocycles. The molecule has 0 atom stereocenters. The predicted octanol–water partition coefficient (Wildman–Crippen LogP) is 3.13. The molecule has 2 aromatic carbocycles. The van der Waals surface area contributed by atoms with E-state index < -0.39 is 27.1 Å². The standard InChI is InChI=1S/C16H16N4O5/c1-10-14(8-13(19(22)23)9-15(10)20(24)25)16(21)17-11-4-6-12(7-5-11)18(2)3/h4-9H,1-3H3,(H,17,21). The smallest absolute Gasteiger partial charge is 0.279 e. The molecule has 0 aliphatic carbocycles. The van der Waals surface area contributed by atoms with Gasteiger partial charge in [0.25, 0.3) is 17.3 Å². The van der Waals surface area contributed by atoms with Crippen LogP contribution in [-0.2, 0) is 0 Å². The average Bonchev–Trinajstić information content (AvgIpc) is 2.54. The highest BCUT2D eigenvalue weighted by Gasteiger charge is 2.24. The number of benzene rings is 2. The number of rotatable bonds is 5. The van der Waals surface area contributed by atoms with Crippen molar-refractivity contribution in [1.29, 1.82) is 0 Å². The van der Waals surface area contributed by atoms with Gasteiger partial charge in [-0.25, -0.2) is 0 Å². The Morgan fingerprint density at radius 1 is 1.04 bits per heavy atom. The fraction of sp³-hybridized carbons (Fsp3) is 0.188. The molecule has 0 fully saturated rings. The Balaban J connectivity index is 2.38. The van der Waals surface area contributed by atoms with Crippen LogP contribution in [0.4, 0.5) is 22.7 Å². The Hall–Kier alpha value is -3.49. The molecule has 0 bridgehead atoms. The molecular weight excluding hydrogens is 328 g/mol. The van der Waals surface area contributed by atoms with Gasteiger partial charge in [0.2, 0.25) is 0 Å². The van der Waals surface area contributed by atoms with Gasteiger partial charge in [0.05, 0.1) is 21.5 Å². The van der Waals surface area contributed by atoms with E-state index in [0.717, 1.165) is 17.8 Å². The van der Waals surface area contributed by atoms with E-state index in [0.29, 0.717) is 5.69 Å². The quantitative estimate of drug-likeness (QED) is 0.657. The van der Waals surface area contributed by atoms with Gasteiger partial charge in [-0.15, -0.1) is 0 Å². The molecule has 0 radical (unpaired) electrons. The van der Waals surface area contributed by atoms with Crippen LogP contribution in [0.25, 0.3) is 0 Å². The maximum absolute atomic E-state index is 12.4. The van der Waals surface area contributed by atoms with E-state index in [1.807, 2.05) is 19.0 Å². The van der Waals surface area contributed by atoms with Gasteiger partial charge < -0.3 is 10.2 Å². The number of carbonyl (C=O) groups excluding carboxylic acids is 1. The summed E-state index contributed by atoms with van der Waals surface area (Å²) in [7, 11) is 3.75. The van der Waals surface area contributed by atoms with Gasteiger partial charge >= 0.3 is 0 Å². The molecule has 0 aliphatic heterocycles. The van der Waals surface area contributed by atoms with Gasteiger partial charge in [-0.3, -0.25) is 25.0 Å². The van der Waals surface area contributed by atoms with E-state index >= 15 is 0 Å². The zero-order valence-corrected chi connectivity index (χ0v) is 13.8. The molecular formula is C16H16N4O5. The second-order valence-corrected chi connectivity index (χ2v) is 5.55. The van der Waals surface area contributed by atoms with Crippen LogP contribution < -0.4 is 10.2 Å². The normalized spacial score (nSPS) is 10.2. The van der Waals surface area contributed by atoms with Crippen molar-refractivity contribution in [1.82, 2.24) is 0 Å². The van der Waals surface area contributed by atoms with Crippen molar-refractivity contribution in [2.75, 3.05) is 24.3 Å². The summed E-state index contributed by atoms with van der Waals surface area (Å²) in [5.74, 6) is -0.651. The molecule has 9 nitrogen and oxygen atoms in total. The summed E-state index contributed by atoms with van der Waals surface area (Å²) < 4.78 is 0. The van der Waals surface area contributed by atoms with Crippen molar-refractivity contribution < 1.29 is 14.6 Å². The number of hydrogen-bond acceptors (Lipinski definition) is 6. The number of non-ortho nitro benzene ring substituents is 1. The lowest BCUT2D eigenvalue weighted by molar-refractivity contribution is -0.394. The van der Waals surface area contributed by atoms with Crippen molar-refractivity contribution in [3.8, 4) is 0 Å². The molecule has 0 spiro atoms. The number of anilines is 2. The summed E-state index contributed by atoms with van der Waals surface area (Å²) in [6.07, 6.45) is 0. The average molecular weight is 344 g/mol. The first-order valence-corrected chi connectivity index (χ1v) is 7.23. The molecule has 9 heteroatoms. The molecule has 25 heavy (non-hydrogen) atoms. The lowest BCUT2D eigenvalue weighted by atomic mass is 10.0. The maximum Gasteiger partial charge on any atom is 0.279 e. The second-order valence-electron chi connectivity index (χ2n) is 5.55. The van der Waals surface area contributed by atoms with E-state index in [9.17, 15) is 25.0 Å². The molecule has 2 rings (SSSR count). The summed E-state index contributed by atoms with van der Waals surface area (Å²) in [5, 5.41) is 24.6. The number of hydrogen-bond donors (Lipinski definition) is 1. The summed E-state index contributed by atoms with van der Waals surface area (Å²) >= 11 is 0. The van der Waals surface area contributed by atoms with Crippen molar-refractivity contribution in [3.05, 3.63) is 67.8 Å². The first-order valence-electron chi connectivity index (χ1n) is 7.23. The van der Waals surface area contributed by atoms with Crippen LogP contribution in [0.3, 0.4) is 0 Å². The Labute approximate surface area is 143 Å². The van der Waals surface area contributed by atoms with Crippen molar-refractivity contribution in [3.63, 3.8) is 0 Å². The fourth-order valence-corrected chi connectivity index (χ4v) is 2.26. The van der Waals surface area contributed by atoms with E-state index in [2.05, 4.69) is 5.32 Å². The van der Waals surface area contributed by atoms with E-state index in [1.54, 1.807) is 24.3 Å². The molecule has 0 saturated carbocycles. The third-order valence-corrected chi connectivity index (χ3v) is 3.66. The second kappa shape index (κ2) is 6.95. The van der Waals surface area contributed by atoms with E-state index in [4.69, 9.17) is 0 Å². The first kappa shape index (κ1) is 17.9. The monoisotopic (exact) mass is 344 g/mol. The van der Waals surface area contributed by atoms with Gasteiger partial charge in [-0.05, 0) is 31.2 Å². The maximum atomic E-state index is 12.4. The Kier molecular flexibility index (Phi) is 4.97. The summed E-state index contributed by atoms with van der Waals surface area (Å²) in [4.78, 5) is 34.9. The highest BCUT2D eigenvalue weighted by molar-refractivity contribution is 6.06. The predicted molar refractivity (Wildman–Crippen MR) is 93.2 cm³/mol. The fourth-order valence-electron chi connectivity index (χ4n) is 2.26. The number of carbonyl (C=O) groups is 1. The van der Waals surface area contributed by atoms with Crippen LogP contribution in [-0.4, -0.2) is 29.8 Å². The number of nitrogens with zero attached hydrogens (tertiary/aromatic N) is 3. The van der Waals surface area contributed by atoms with Crippen LogP contribution >= 0.6 is 0 Å². The van der Waals surface area contributed by atoms with Crippen LogP contribution in [0.1, 0.15) is 15.9 Å². The molecule has 0 unspecified atom stereocenters. The zero-order chi connectivity index (χ0) is 18.7. The highest BCUT2D eigenvalue weighted by Crippen LogP contribution is 2.28. The van der Waals surface area contributed by atoms with Gasteiger partial charge in [-0.2, -0.15) is 0 Å². The van der Waals surface area contributed by atoms with Crippen LogP contribution in [0.2, 0.25) is 0 Å². The Bertz CT molecular complexity index is 846. The summed E-state index contributed by atoms with van der Waals surface area (Å²) in [6, 6.07) is 8.81. The zero-order valence-electron chi connectivity index (χ0n) is 13.8. The van der Waals surface area contributed by atoms with Crippen LogP contribution in [0.15, 0.2) is 36.4 Å². The number of amides is 1. The minimum atomic E-state index is -0.769. The van der Waals surface area contributed by atoms with Gasteiger partial charge in [-0.1, -0.05) is 0 Å². The summed E-state index contributed by atoms with van der Waals surface area (Å²) in [5.41, 5.74) is 0.382. The lowest BCUT2D eigenvalue weighted by Gasteiger charge is -2.13. The third kappa shape index (κ3) is 3.89. The molecule has 0 aliphatic rings. The van der Waals surface area contributed by atoms with Crippen molar-refractivity contribution in [2.24, 2.45) is 0 Å². The SMILES string of the molecule is Cc1c(C(=O)Nc2ccc(N(C)C)cc2)cc([N+](=O)[O-])cc1[N+](=O)[O-]. The number of nitro benzene ring substituents is 2. The summed E-state index contributed by atoms with van der Waals surface area (Å²) in [6.45, 7) is 1.38. The van der Waals surface area contributed by atoms with Gasteiger partial charge in [0, 0.05) is 37.1 Å². The number of nitrogens with one attached hydrogen (secondary N) is 1. The third-order valence-electron chi connectivity index (χ3n) is 3.66. The molecule has 1 amide bonds. The van der Waals surface area contributed by atoms with Crippen LogP contribution in [0, 0.1) is 27.2 Å². The van der Waals surface area contributed by atoms with Gasteiger partial charge in [0.15, 0.2) is 0 Å². The molecule has 0 saturated heterocycles. The van der Waals surface area contributed by atoms with Crippen LogP contribution in [0.5, 0.6) is 0 Å². The van der Waals surface area contributed by atoms with Crippen molar-refractivity contribution >= 4 is 28.7 Å². The number of nitro groups is 2. The minimum absolute atomic E-state index is 0.0676. The Morgan fingerprint density at radius 3 is 2.12 bits per heavy atom. The van der Waals surface area contributed by atoms with Gasteiger partial charge in [0.1, 0.15) is 0 Å². The van der Waals surface area contributed by atoms with E-state index in [-0.39, 0.29) is 11.1 Å². The largest absolute Gasteiger partial charge is 0.378 e. The molecule has 0 heterocycles. The Morgan fingerprint density at radius 2 is 1.64 bits per heavy atom. The lowest BCUT2D eigenvalue weighted by Crippen LogP contribution is -2.15. The highest BCUT2D eigenvalue weighted by atomic mass is 16.6. The molecule has 130 valence electrons. The topological polar surface area (TPSA) is 119 Å². The molecule has 1 N–H and O–H groups in total. The van der Waals surface area contributed by atoms with Crippen molar-refractivity contribution in [2.45, 2.75) is 6.92 Å². The minimum Gasteiger partial charge on any atom is -0.378 e. The first-order chi connectivity index (χ1) is 11.7. The molecule has 2 aromatic rings.